The third kappa shape index (κ3) is 2.54. The molecule has 0 saturated carbocycles. The van der Waals surface area contributed by atoms with Crippen molar-refractivity contribution in [1.82, 2.24) is 24.7 Å². The number of hydrogen-bond donors (Lipinski definition) is 1. The number of aryl methyl sites for hydroxylation is 1. The van der Waals surface area contributed by atoms with Crippen LogP contribution in [0.15, 0.2) is 54.9 Å². The number of benzene rings is 2. The Morgan fingerprint density at radius 1 is 1.23 bits per heavy atom. The van der Waals surface area contributed by atoms with Gasteiger partial charge in [-0.05, 0) is 18.2 Å². The lowest BCUT2D eigenvalue weighted by molar-refractivity contribution is 0.0975. The average Bonchev–Trinajstić information content (AvgIpc) is 3.32. The molecule has 0 fully saturated rings. The number of para-hydroxylation sites is 2. The van der Waals surface area contributed by atoms with Crippen LogP contribution in [0.1, 0.15) is 22.1 Å². The van der Waals surface area contributed by atoms with Gasteiger partial charge in [0.05, 0.1) is 17.1 Å². The van der Waals surface area contributed by atoms with Gasteiger partial charge in [-0.1, -0.05) is 30.3 Å². The van der Waals surface area contributed by atoms with Gasteiger partial charge in [0.25, 0.3) is 0 Å². The predicted octanol–water partition coefficient (Wildman–Crippen LogP) is 2.85. The molecule has 1 unspecified atom stereocenters. The molecule has 0 bridgehead atoms. The molecule has 2 aromatic carbocycles. The second-order valence-corrected chi connectivity index (χ2v) is 5.86. The molecule has 4 aromatic rings. The third-order valence-electron chi connectivity index (χ3n) is 4.31. The molecular weight excluding hydrogens is 328 g/mol. The van der Waals surface area contributed by atoms with Gasteiger partial charge in [0.2, 0.25) is 0 Å². The molecule has 1 atom stereocenters. The third-order valence-corrected chi connectivity index (χ3v) is 4.31. The molecular formula is C19H14N6O. The fourth-order valence-corrected chi connectivity index (χ4v) is 2.99. The Labute approximate surface area is 148 Å². The van der Waals surface area contributed by atoms with Crippen LogP contribution in [0.2, 0.25) is 0 Å². The molecule has 126 valence electrons. The van der Waals surface area contributed by atoms with Crippen LogP contribution in [0.25, 0.3) is 22.4 Å². The first-order chi connectivity index (χ1) is 12.7. The lowest BCUT2D eigenvalue weighted by Crippen LogP contribution is -2.15. The van der Waals surface area contributed by atoms with E-state index in [1.807, 2.05) is 37.4 Å². The number of nitrogens with one attached hydrogen (secondary N) is 1. The number of nitriles is 1. The molecule has 0 saturated heterocycles. The van der Waals surface area contributed by atoms with E-state index in [1.165, 1.54) is 6.33 Å². The van der Waals surface area contributed by atoms with Crippen molar-refractivity contribution in [3.63, 3.8) is 0 Å². The van der Waals surface area contributed by atoms with E-state index in [4.69, 9.17) is 0 Å². The predicted molar refractivity (Wildman–Crippen MR) is 95.2 cm³/mol. The summed E-state index contributed by atoms with van der Waals surface area (Å²) in [6, 6.07) is 16.6. The number of H-pyrrole nitrogens is 1. The molecule has 0 aliphatic carbocycles. The highest BCUT2D eigenvalue weighted by atomic mass is 16.1. The van der Waals surface area contributed by atoms with Gasteiger partial charge in [0.1, 0.15) is 12.2 Å². The van der Waals surface area contributed by atoms with Crippen molar-refractivity contribution in [1.29, 1.82) is 5.26 Å². The molecule has 2 aromatic heterocycles. The first kappa shape index (κ1) is 15.7. The number of rotatable bonds is 4. The first-order valence-electron chi connectivity index (χ1n) is 8.00. The largest absolute Gasteiger partial charge is 0.330 e. The van der Waals surface area contributed by atoms with Crippen LogP contribution in [0.3, 0.4) is 0 Å². The lowest BCUT2D eigenvalue weighted by Gasteiger charge is -2.09. The molecule has 0 aliphatic heterocycles. The van der Waals surface area contributed by atoms with Gasteiger partial charge in [-0.2, -0.15) is 10.4 Å². The van der Waals surface area contributed by atoms with E-state index in [1.54, 1.807) is 22.8 Å². The number of fused-ring (bicyclic) bond motifs is 1. The zero-order chi connectivity index (χ0) is 18.1. The number of ketones is 1. The summed E-state index contributed by atoms with van der Waals surface area (Å²) in [6.07, 6.45) is 1.40. The number of Topliss-reactive ketones (excluding diaryl/α,β-unsaturated/α-hetero) is 1. The molecule has 0 aliphatic rings. The molecule has 26 heavy (non-hydrogen) atoms. The number of carbonyl (C=O) groups excluding carboxylic acids is 1. The Kier molecular flexibility index (Phi) is 3.78. The second-order valence-electron chi connectivity index (χ2n) is 5.86. The number of imidazole rings is 1. The minimum Gasteiger partial charge on any atom is -0.330 e. The molecule has 2 heterocycles. The highest BCUT2D eigenvalue weighted by Gasteiger charge is 2.27. The van der Waals surface area contributed by atoms with Gasteiger partial charge >= 0.3 is 0 Å². The summed E-state index contributed by atoms with van der Waals surface area (Å²) in [5.41, 5.74) is 2.80. The standard InChI is InChI=1S/C19H14N6O/c1-25-16-8-3-2-7-15(16)23-19(25)14(10-20)17(26)12-5-4-6-13(9-12)18-21-11-22-24-18/h2-9,11,14H,1H3,(H,21,22,24). The second kappa shape index (κ2) is 6.26. The fourth-order valence-electron chi connectivity index (χ4n) is 2.99. The Morgan fingerprint density at radius 2 is 2.08 bits per heavy atom. The summed E-state index contributed by atoms with van der Waals surface area (Å²) in [6.45, 7) is 0. The van der Waals surface area contributed by atoms with Crippen molar-refractivity contribution < 1.29 is 4.79 Å². The smallest absolute Gasteiger partial charge is 0.187 e. The van der Waals surface area contributed by atoms with Crippen molar-refractivity contribution in [3.8, 4) is 17.5 Å². The van der Waals surface area contributed by atoms with Gasteiger partial charge in [-0.3, -0.25) is 9.89 Å². The van der Waals surface area contributed by atoms with Crippen LogP contribution in [0.5, 0.6) is 0 Å². The zero-order valence-electron chi connectivity index (χ0n) is 13.9. The molecule has 0 amide bonds. The van der Waals surface area contributed by atoms with Gasteiger partial charge in [-0.25, -0.2) is 9.97 Å². The van der Waals surface area contributed by atoms with E-state index >= 15 is 0 Å². The minimum atomic E-state index is -0.989. The molecule has 0 spiro atoms. The van der Waals surface area contributed by atoms with E-state index in [0.29, 0.717) is 17.2 Å². The van der Waals surface area contributed by atoms with E-state index in [0.717, 1.165) is 16.6 Å². The normalized spacial score (nSPS) is 12.0. The lowest BCUT2D eigenvalue weighted by atomic mass is 9.96. The van der Waals surface area contributed by atoms with Gasteiger partial charge in [-0.15, -0.1) is 0 Å². The van der Waals surface area contributed by atoms with Crippen LogP contribution < -0.4 is 0 Å². The van der Waals surface area contributed by atoms with Gasteiger partial charge in [0, 0.05) is 18.2 Å². The monoisotopic (exact) mass is 342 g/mol. The van der Waals surface area contributed by atoms with Crippen LogP contribution in [0.4, 0.5) is 0 Å². The summed E-state index contributed by atoms with van der Waals surface area (Å²) >= 11 is 0. The Bertz CT molecular complexity index is 1140. The van der Waals surface area contributed by atoms with Crippen LogP contribution >= 0.6 is 0 Å². The van der Waals surface area contributed by atoms with Crippen molar-refractivity contribution in [2.24, 2.45) is 7.05 Å². The van der Waals surface area contributed by atoms with E-state index in [9.17, 15) is 10.1 Å². The fraction of sp³-hybridized carbons (Fsp3) is 0.105. The van der Waals surface area contributed by atoms with Gasteiger partial charge < -0.3 is 4.57 Å². The minimum absolute atomic E-state index is 0.299. The summed E-state index contributed by atoms with van der Waals surface area (Å²) < 4.78 is 1.79. The maximum absolute atomic E-state index is 13.0. The maximum Gasteiger partial charge on any atom is 0.187 e. The molecule has 7 heteroatoms. The number of aromatic nitrogens is 5. The first-order valence-corrected chi connectivity index (χ1v) is 8.00. The molecule has 7 nitrogen and oxygen atoms in total. The molecule has 0 radical (unpaired) electrons. The van der Waals surface area contributed by atoms with E-state index in [2.05, 4.69) is 26.2 Å². The topological polar surface area (TPSA) is 100 Å². The Balaban J connectivity index is 1.75. The summed E-state index contributed by atoms with van der Waals surface area (Å²) in [5.74, 6) is -0.288. The summed E-state index contributed by atoms with van der Waals surface area (Å²) in [7, 11) is 1.81. The SMILES string of the molecule is Cn1c(C(C#N)C(=O)c2cccc(-c3ncn[nH]3)c2)nc2ccccc21. The number of carbonyl (C=O) groups is 1. The number of nitrogens with zero attached hydrogens (tertiary/aromatic N) is 5. The van der Waals surface area contributed by atoms with E-state index < -0.39 is 5.92 Å². The van der Waals surface area contributed by atoms with Crippen LogP contribution in [-0.2, 0) is 7.05 Å². The maximum atomic E-state index is 13.0. The van der Waals surface area contributed by atoms with Crippen molar-refractivity contribution in [3.05, 3.63) is 66.2 Å². The molecule has 1 N–H and O–H groups in total. The zero-order valence-corrected chi connectivity index (χ0v) is 13.9. The Morgan fingerprint density at radius 3 is 2.81 bits per heavy atom. The molecule has 4 rings (SSSR count). The van der Waals surface area contributed by atoms with Crippen molar-refractivity contribution in [2.75, 3.05) is 0 Å². The van der Waals surface area contributed by atoms with E-state index in [-0.39, 0.29) is 5.78 Å². The van der Waals surface area contributed by atoms with Crippen molar-refractivity contribution in [2.45, 2.75) is 5.92 Å². The quantitative estimate of drug-likeness (QED) is 0.575. The van der Waals surface area contributed by atoms with Crippen LogP contribution in [-0.4, -0.2) is 30.5 Å². The van der Waals surface area contributed by atoms with Gasteiger partial charge in [0.15, 0.2) is 17.5 Å². The highest BCUT2D eigenvalue weighted by molar-refractivity contribution is 6.03. The summed E-state index contributed by atoms with van der Waals surface area (Å²) in [4.78, 5) is 21.6. The van der Waals surface area contributed by atoms with Crippen LogP contribution in [0, 0.1) is 11.3 Å². The number of aromatic amines is 1. The highest BCUT2D eigenvalue weighted by Crippen LogP contribution is 2.25. The number of hydrogen-bond acceptors (Lipinski definition) is 5. The Hall–Kier alpha value is -3.79. The van der Waals surface area contributed by atoms with Crippen molar-refractivity contribution >= 4 is 16.8 Å². The average molecular weight is 342 g/mol. The summed E-state index contributed by atoms with van der Waals surface area (Å²) in [5, 5.41) is 16.2.